The number of hydrogen-bond donors (Lipinski definition) is 4. The van der Waals surface area contributed by atoms with Gasteiger partial charge in [-0.3, -0.25) is 4.79 Å². The highest BCUT2D eigenvalue weighted by molar-refractivity contribution is 6.13. The fraction of sp³-hybridized carbons (Fsp3) is 0.364. The molecule has 5 atom stereocenters. The second-order valence-electron chi connectivity index (χ2n) is 8.33. The third-order valence-corrected chi connectivity index (χ3v) is 6.03. The summed E-state index contributed by atoms with van der Waals surface area (Å²) in [6.07, 6.45) is -1.22. The van der Waals surface area contributed by atoms with Crippen LogP contribution in [0.15, 0.2) is 48.0 Å². The number of esters is 1. The van der Waals surface area contributed by atoms with Crippen molar-refractivity contribution in [1.82, 2.24) is 14.5 Å². The largest absolute Gasteiger partial charge is 0.462 e. The summed E-state index contributed by atoms with van der Waals surface area (Å²) in [5.41, 5.74) is 14.0. The molecule has 34 heavy (non-hydrogen) atoms. The number of nitrogens with two attached hydrogens (primary N) is 2. The number of carbonyl (C=O) groups is 1. The molecule has 0 spiro atoms. The summed E-state index contributed by atoms with van der Waals surface area (Å²) < 4.78 is 12.8. The van der Waals surface area contributed by atoms with E-state index in [1.807, 2.05) is 30.3 Å². The van der Waals surface area contributed by atoms with E-state index >= 15 is 0 Å². The third kappa shape index (κ3) is 3.76. The Kier molecular flexibility index (Phi) is 5.65. The standard InChI is InChI=1S/C22H25N7O5/c1-28-19-15-12(18(24)27-28)8-29(20(15)26-10-25-19)21-17(31)16(30)14(34-21)9-33-22(32)13(23)7-11-5-3-2-4-6-11/h2-6,8,10,13-14,16-17,21,30-31H,7,9,23H2,1H3,(H2,24,27)/t13-,14-,16-,17-,21-/m1/s1. The fourth-order valence-corrected chi connectivity index (χ4v) is 4.28. The average Bonchev–Trinajstić information content (AvgIpc) is 3.35. The van der Waals surface area contributed by atoms with Crippen molar-refractivity contribution in [2.45, 2.75) is 37.0 Å². The van der Waals surface area contributed by atoms with Crippen LogP contribution in [-0.2, 0) is 20.7 Å². The van der Waals surface area contributed by atoms with Crippen LogP contribution in [0.25, 0.3) is 11.0 Å². The molecule has 2 aromatic heterocycles. The van der Waals surface area contributed by atoms with Gasteiger partial charge in [0.25, 0.3) is 0 Å². The maximum atomic E-state index is 12.4. The van der Waals surface area contributed by atoms with Crippen LogP contribution in [0.2, 0.25) is 0 Å². The molecule has 4 heterocycles. The number of carbonyl (C=O) groups excluding carboxylic acids is 1. The van der Waals surface area contributed by atoms with Gasteiger partial charge in [0, 0.05) is 18.8 Å². The van der Waals surface area contributed by atoms with Crippen molar-refractivity contribution >= 4 is 28.7 Å². The first-order valence-corrected chi connectivity index (χ1v) is 10.8. The van der Waals surface area contributed by atoms with Crippen LogP contribution in [0, 0.1) is 0 Å². The van der Waals surface area contributed by atoms with E-state index in [4.69, 9.17) is 20.9 Å². The molecule has 1 saturated heterocycles. The molecular formula is C22H25N7O5. The molecule has 1 aromatic carbocycles. The number of anilines is 1. The molecule has 2 aliphatic rings. The molecule has 2 aliphatic heterocycles. The molecule has 0 amide bonds. The quantitative estimate of drug-likeness (QED) is 0.337. The summed E-state index contributed by atoms with van der Waals surface area (Å²) in [6, 6.07) is 8.47. The van der Waals surface area contributed by atoms with Gasteiger partial charge in [0.2, 0.25) is 0 Å². The highest BCUT2D eigenvalue weighted by Gasteiger charge is 2.45. The van der Waals surface area contributed by atoms with Gasteiger partial charge < -0.3 is 35.7 Å². The summed E-state index contributed by atoms with van der Waals surface area (Å²) in [5, 5.41) is 27.7. The number of ether oxygens (including phenoxy) is 2. The molecule has 0 aliphatic carbocycles. The summed E-state index contributed by atoms with van der Waals surface area (Å²) >= 11 is 0. The van der Waals surface area contributed by atoms with Gasteiger partial charge >= 0.3 is 5.97 Å². The third-order valence-electron chi connectivity index (χ3n) is 6.03. The fourth-order valence-electron chi connectivity index (χ4n) is 4.28. The predicted molar refractivity (Wildman–Crippen MR) is 122 cm³/mol. The summed E-state index contributed by atoms with van der Waals surface area (Å²) in [7, 11) is 1.71. The summed E-state index contributed by atoms with van der Waals surface area (Å²) in [6.45, 7) is -0.269. The molecule has 1 fully saturated rings. The first kappa shape index (κ1) is 22.2. The Morgan fingerprint density at radius 1 is 1.24 bits per heavy atom. The zero-order valence-corrected chi connectivity index (χ0v) is 18.4. The molecule has 0 bridgehead atoms. The Hall–Kier alpha value is -3.58. The minimum absolute atomic E-state index is 0.263. The lowest BCUT2D eigenvalue weighted by Crippen LogP contribution is -2.38. The molecule has 6 N–H and O–H groups in total. The number of nitrogens with zero attached hydrogens (tertiary/aromatic N) is 5. The van der Waals surface area contributed by atoms with Gasteiger partial charge in [-0.2, -0.15) is 5.10 Å². The van der Waals surface area contributed by atoms with Crippen molar-refractivity contribution in [2.75, 3.05) is 18.7 Å². The molecule has 3 aromatic rings. The number of hydrogen-bond acceptors (Lipinski definition) is 11. The molecule has 0 unspecified atom stereocenters. The van der Waals surface area contributed by atoms with Crippen LogP contribution in [0.5, 0.6) is 0 Å². The first-order valence-electron chi connectivity index (χ1n) is 10.8. The highest BCUT2D eigenvalue weighted by atomic mass is 16.6. The zero-order chi connectivity index (χ0) is 24.0. The van der Waals surface area contributed by atoms with Gasteiger partial charge in [-0.1, -0.05) is 30.3 Å². The number of aliphatic hydroxyl groups is 2. The number of rotatable bonds is 6. The second kappa shape index (κ2) is 8.65. The van der Waals surface area contributed by atoms with Crippen molar-refractivity contribution in [2.24, 2.45) is 16.6 Å². The molecule has 0 radical (unpaired) electrons. The van der Waals surface area contributed by atoms with E-state index < -0.39 is 36.6 Å². The maximum Gasteiger partial charge on any atom is 0.323 e. The molecule has 12 heteroatoms. The Labute approximate surface area is 194 Å². The molecule has 12 nitrogen and oxygen atoms in total. The molecule has 178 valence electrons. The highest BCUT2D eigenvalue weighted by Crippen LogP contribution is 2.37. The zero-order valence-electron chi connectivity index (χ0n) is 18.4. The maximum absolute atomic E-state index is 12.4. The summed E-state index contributed by atoms with van der Waals surface area (Å²) in [5.74, 6) is 0.194. The molecule has 5 rings (SSSR count). The van der Waals surface area contributed by atoms with E-state index in [1.165, 1.54) is 6.33 Å². The second-order valence-corrected chi connectivity index (χ2v) is 8.33. The van der Waals surface area contributed by atoms with Gasteiger partial charge in [0.1, 0.15) is 42.9 Å². The van der Waals surface area contributed by atoms with Gasteiger partial charge in [-0.25, -0.2) is 15.0 Å². The van der Waals surface area contributed by atoms with E-state index in [9.17, 15) is 15.0 Å². The lowest BCUT2D eigenvalue weighted by molar-refractivity contribution is -0.151. The number of aliphatic hydroxyl groups excluding tert-OH is 2. The van der Waals surface area contributed by atoms with Crippen LogP contribution in [0.3, 0.4) is 0 Å². The number of amidine groups is 1. The first-order chi connectivity index (χ1) is 16.3. The normalized spacial score (nSPS) is 24.8. The smallest absolute Gasteiger partial charge is 0.323 e. The van der Waals surface area contributed by atoms with Crippen molar-refractivity contribution < 1.29 is 24.5 Å². The van der Waals surface area contributed by atoms with E-state index in [2.05, 4.69) is 15.1 Å². The molecular weight excluding hydrogens is 442 g/mol. The van der Waals surface area contributed by atoms with Crippen LogP contribution >= 0.6 is 0 Å². The summed E-state index contributed by atoms with van der Waals surface area (Å²) in [4.78, 5) is 20.9. The van der Waals surface area contributed by atoms with Crippen molar-refractivity contribution in [3.05, 3.63) is 54.0 Å². The van der Waals surface area contributed by atoms with Crippen LogP contribution < -0.4 is 16.5 Å². The van der Waals surface area contributed by atoms with Crippen LogP contribution in [0.1, 0.15) is 17.4 Å². The van der Waals surface area contributed by atoms with Gasteiger partial charge in [0.05, 0.1) is 5.39 Å². The topological polar surface area (TPSA) is 174 Å². The minimum atomic E-state index is -1.31. The van der Waals surface area contributed by atoms with E-state index in [-0.39, 0.29) is 12.4 Å². The Bertz CT molecular complexity index is 1250. The number of benzene rings is 1. The Balaban J connectivity index is 1.31. The number of hydrazone groups is 1. The van der Waals surface area contributed by atoms with Crippen molar-refractivity contribution in [3.63, 3.8) is 0 Å². The SMILES string of the molecule is CN1N=C(N)c2cn([C@@H]3O[C@H](COC(=O)[C@H](N)Cc4ccccc4)[C@@H](O)[C@H]3O)c3ncnc1c23. The van der Waals surface area contributed by atoms with Crippen LogP contribution in [0.4, 0.5) is 5.82 Å². The Morgan fingerprint density at radius 3 is 2.76 bits per heavy atom. The number of aromatic nitrogens is 3. The van der Waals surface area contributed by atoms with E-state index in [0.717, 1.165) is 5.56 Å². The van der Waals surface area contributed by atoms with E-state index in [0.29, 0.717) is 28.8 Å². The van der Waals surface area contributed by atoms with Gasteiger partial charge in [-0.15, -0.1) is 0 Å². The van der Waals surface area contributed by atoms with Gasteiger partial charge in [-0.05, 0) is 12.0 Å². The minimum Gasteiger partial charge on any atom is -0.462 e. The van der Waals surface area contributed by atoms with Crippen molar-refractivity contribution in [1.29, 1.82) is 0 Å². The average molecular weight is 467 g/mol. The lowest BCUT2D eigenvalue weighted by atomic mass is 10.1. The van der Waals surface area contributed by atoms with Gasteiger partial charge in [0.15, 0.2) is 17.9 Å². The van der Waals surface area contributed by atoms with E-state index in [1.54, 1.807) is 22.8 Å². The Morgan fingerprint density at radius 2 is 2.00 bits per heavy atom. The predicted octanol–water partition coefficient (Wildman–Crippen LogP) is -0.766. The monoisotopic (exact) mass is 467 g/mol. The lowest BCUT2D eigenvalue weighted by Gasteiger charge is -2.19. The van der Waals surface area contributed by atoms with Crippen LogP contribution in [-0.4, -0.2) is 74.6 Å². The molecule has 0 saturated carbocycles. The van der Waals surface area contributed by atoms with Crippen molar-refractivity contribution in [3.8, 4) is 0 Å².